The first kappa shape index (κ1) is 28.2. The smallest absolute Gasteiger partial charge is 0.238 e. The molecule has 51 heavy (non-hydrogen) atoms. The molecule has 0 atom stereocenters. The summed E-state index contributed by atoms with van der Waals surface area (Å²) in [7, 11) is 0. The monoisotopic (exact) mass is 669 g/mol. The summed E-state index contributed by atoms with van der Waals surface area (Å²) in [4.78, 5) is 15.6. The molecule has 5 nitrogen and oxygen atoms in total. The van der Waals surface area contributed by atoms with E-state index in [1.807, 2.05) is 47.7 Å². The third-order valence-corrected chi connectivity index (χ3v) is 11.1. The molecule has 0 saturated heterocycles. The average molecular weight is 670 g/mol. The van der Waals surface area contributed by atoms with Crippen molar-refractivity contribution >= 4 is 75.1 Å². The SMILES string of the molecule is c1ccc(-c2nc(-c3ccccc3)nc(-n3c4cc(-n5c6ccccc6c6ccccc65)ccc4c4ccc5sc6ccccc6c5c43)n2)cc1. The number of hydrogen-bond acceptors (Lipinski definition) is 4. The summed E-state index contributed by atoms with van der Waals surface area (Å²) < 4.78 is 7.15. The van der Waals surface area contributed by atoms with Crippen molar-refractivity contribution in [2.75, 3.05) is 0 Å². The number of para-hydroxylation sites is 2. The molecule has 0 bridgehead atoms. The van der Waals surface area contributed by atoms with Crippen LogP contribution in [0.3, 0.4) is 0 Å². The highest BCUT2D eigenvalue weighted by Crippen LogP contribution is 2.44. The van der Waals surface area contributed by atoms with Crippen LogP contribution >= 0.6 is 11.3 Å². The lowest BCUT2D eigenvalue weighted by Gasteiger charge is -2.13. The van der Waals surface area contributed by atoms with Crippen LogP contribution in [0.25, 0.3) is 98.2 Å². The van der Waals surface area contributed by atoms with Crippen LogP contribution in [0.5, 0.6) is 0 Å². The highest BCUT2D eigenvalue weighted by atomic mass is 32.1. The van der Waals surface area contributed by atoms with E-state index >= 15 is 0 Å². The van der Waals surface area contributed by atoms with Crippen LogP contribution in [-0.2, 0) is 0 Å². The van der Waals surface area contributed by atoms with Crippen molar-refractivity contribution in [1.29, 1.82) is 0 Å². The molecule has 0 aliphatic carbocycles. The average Bonchev–Trinajstić information content (AvgIpc) is 3.86. The molecule has 0 N–H and O–H groups in total. The van der Waals surface area contributed by atoms with E-state index in [0.717, 1.165) is 38.6 Å². The molecule has 6 heteroatoms. The summed E-state index contributed by atoms with van der Waals surface area (Å²) in [6.45, 7) is 0. The molecule has 11 aromatic rings. The lowest BCUT2D eigenvalue weighted by atomic mass is 10.1. The van der Waals surface area contributed by atoms with Gasteiger partial charge in [-0.1, -0.05) is 127 Å². The Labute approximate surface area is 296 Å². The van der Waals surface area contributed by atoms with Gasteiger partial charge < -0.3 is 4.57 Å². The standard InChI is InChI=1S/C45H27N5S/c1-3-13-28(14-4-1)43-46-44(29-15-5-2-6-16-29)48-45(47-43)50-38-27-30(49-36-20-10-7-17-31(36)32-18-8-11-21-37(32)49)23-24-33(38)34-25-26-40-41(42(34)50)35-19-9-12-22-39(35)51-40/h1-27H. The van der Waals surface area contributed by atoms with E-state index in [1.165, 1.54) is 42.0 Å². The van der Waals surface area contributed by atoms with Gasteiger partial charge in [-0.3, -0.25) is 4.57 Å². The molecule has 0 aliphatic rings. The number of benzene rings is 7. The Balaban J connectivity index is 1.30. The van der Waals surface area contributed by atoms with E-state index in [-0.39, 0.29) is 0 Å². The normalized spacial score (nSPS) is 11.9. The van der Waals surface area contributed by atoms with Gasteiger partial charge in [0.05, 0.1) is 22.1 Å². The molecule has 0 aliphatic heterocycles. The molecule has 0 saturated carbocycles. The maximum absolute atomic E-state index is 5.27. The Kier molecular flexibility index (Phi) is 6.05. The molecule has 238 valence electrons. The van der Waals surface area contributed by atoms with Crippen LogP contribution in [0.4, 0.5) is 0 Å². The minimum absolute atomic E-state index is 0.588. The summed E-state index contributed by atoms with van der Waals surface area (Å²) in [5, 5.41) is 7.23. The number of hydrogen-bond donors (Lipinski definition) is 0. The second-order valence-electron chi connectivity index (χ2n) is 12.9. The number of nitrogens with zero attached hydrogens (tertiary/aromatic N) is 5. The van der Waals surface area contributed by atoms with Gasteiger partial charge in [-0.15, -0.1) is 11.3 Å². The fourth-order valence-electron chi connectivity index (χ4n) is 7.75. The minimum Gasteiger partial charge on any atom is -0.309 e. The fourth-order valence-corrected chi connectivity index (χ4v) is 8.85. The zero-order chi connectivity index (χ0) is 33.5. The highest BCUT2D eigenvalue weighted by Gasteiger charge is 2.22. The Morgan fingerprint density at radius 1 is 0.392 bits per heavy atom. The molecule has 0 radical (unpaired) electrons. The fraction of sp³-hybridized carbons (Fsp3) is 0. The van der Waals surface area contributed by atoms with Crippen molar-refractivity contribution in [3.05, 3.63) is 164 Å². The van der Waals surface area contributed by atoms with Gasteiger partial charge in [0, 0.05) is 58.5 Å². The van der Waals surface area contributed by atoms with Crippen LogP contribution in [0, 0.1) is 0 Å². The van der Waals surface area contributed by atoms with E-state index in [2.05, 4.69) is 137 Å². The van der Waals surface area contributed by atoms with Crippen molar-refractivity contribution in [2.24, 2.45) is 0 Å². The highest BCUT2D eigenvalue weighted by molar-refractivity contribution is 7.26. The number of thiophene rings is 1. The van der Waals surface area contributed by atoms with Gasteiger partial charge >= 0.3 is 0 Å². The minimum atomic E-state index is 0.588. The van der Waals surface area contributed by atoms with Crippen molar-refractivity contribution < 1.29 is 0 Å². The van der Waals surface area contributed by atoms with Crippen LogP contribution in [-0.4, -0.2) is 24.1 Å². The predicted molar refractivity (Wildman–Crippen MR) is 212 cm³/mol. The van der Waals surface area contributed by atoms with Crippen LogP contribution < -0.4 is 0 Å². The molecule has 0 spiro atoms. The molecule has 4 aromatic heterocycles. The third-order valence-electron chi connectivity index (χ3n) is 9.98. The lowest BCUT2D eigenvalue weighted by Crippen LogP contribution is -2.06. The molecular formula is C45H27N5S. The molecule has 0 unspecified atom stereocenters. The predicted octanol–water partition coefficient (Wildman–Crippen LogP) is 11.8. The number of aromatic nitrogens is 5. The van der Waals surface area contributed by atoms with Gasteiger partial charge in [-0.25, -0.2) is 4.98 Å². The first-order valence-electron chi connectivity index (χ1n) is 17.0. The Hall–Kier alpha value is -6.63. The zero-order valence-corrected chi connectivity index (χ0v) is 28.0. The summed E-state index contributed by atoms with van der Waals surface area (Å²) in [6, 6.07) is 57.8. The Morgan fingerprint density at radius 3 is 1.61 bits per heavy atom. The van der Waals surface area contributed by atoms with Crippen LogP contribution in [0.2, 0.25) is 0 Å². The Morgan fingerprint density at radius 2 is 0.941 bits per heavy atom. The first-order chi connectivity index (χ1) is 25.3. The van der Waals surface area contributed by atoms with E-state index in [0.29, 0.717) is 17.6 Å². The molecular weight excluding hydrogens is 643 g/mol. The summed E-state index contributed by atoms with van der Waals surface area (Å²) >= 11 is 1.82. The maximum Gasteiger partial charge on any atom is 0.238 e. The van der Waals surface area contributed by atoms with E-state index < -0.39 is 0 Å². The van der Waals surface area contributed by atoms with Gasteiger partial charge in [0.2, 0.25) is 5.95 Å². The summed E-state index contributed by atoms with van der Waals surface area (Å²) in [5.41, 5.74) is 7.44. The van der Waals surface area contributed by atoms with Crippen molar-refractivity contribution in [1.82, 2.24) is 24.1 Å². The van der Waals surface area contributed by atoms with Crippen LogP contribution in [0.1, 0.15) is 0 Å². The third kappa shape index (κ3) is 4.24. The number of rotatable bonds is 4. The topological polar surface area (TPSA) is 48.5 Å². The van der Waals surface area contributed by atoms with Gasteiger partial charge in [-0.05, 0) is 36.4 Å². The molecule has 7 aromatic carbocycles. The summed E-state index contributed by atoms with van der Waals surface area (Å²) in [5.74, 6) is 1.86. The van der Waals surface area contributed by atoms with Crippen molar-refractivity contribution in [2.45, 2.75) is 0 Å². The summed E-state index contributed by atoms with van der Waals surface area (Å²) in [6.07, 6.45) is 0. The van der Waals surface area contributed by atoms with Crippen molar-refractivity contribution in [3.8, 4) is 34.4 Å². The Bertz CT molecular complexity index is 3030. The quantitative estimate of drug-likeness (QED) is 0.187. The number of fused-ring (bicyclic) bond motifs is 10. The van der Waals surface area contributed by atoms with E-state index in [4.69, 9.17) is 15.0 Å². The maximum atomic E-state index is 5.27. The largest absolute Gasteiger partial charge is 0.309 e. The molecule has 0 fully saturated rings. The van der Waals surface area contributed by atoms with Gasteiger partial charge in [-0.2, -0.15) is 9.97 Å². The lowest BCUT2D eigenvalue weighted by molar-refractivity contribution is 0.954. The van der Waals surface area contributed by atoms with Gasteiger partial charge in [0.25, 0.3) is 0 Å². The van der Waals surface area contributed by atoms with Gasteiger partial charge in [0.15, 0.2) is 11.6 Å². The van der Waals surface area contributed by atoms with Crippen molar-refractivity contribution in [3.63, 3.8) is 0 Å². The van der Waals surface area contributed by atoms with Gasteiger partial charge in [0.1, 0.15) is 0 Å². The zero-order valence-electron chi connectivity index (χ0n) is 27.2. The first-order valence-corrected chi connectivity index (χ1v) is 17.9. The van der Waals surface area contributed by atoms with E-state index in [1.54, 1.807) is 0 Å². The molecule has 4 heterocycles. The van der Waals surface area contributed by atoms with E-state index in [9.17, 15) is 0 Å². The van der Waals surface area contributed by atoms with Crippen LogP contribution in [0.15, 0.2) is 164 Å². The second-order valence-corrected chi connectivity index (χ2v) is 13.9. The molecule has 0 amide bonds. The second kappa shape index (κ2) is 10.9. The molecule has 11 rings (SSSR count).